The maximum absolute atomic E-state index is 12.1. The molecule has 0 bridgehead atoms. The first-order chi connectivity index (χ1) is 13.7. The van der Waals surface area contributed by atoms with Crippen molar-refractivity contribution in [3.63, 3.8) is 0 Å². The SMILES string of the molecule is CCCC(CNC(=NC)NC1CCc2nc(CC)nn2C1)NC(=O)OC(C)(C)C.I. The highest BCUT2D eigenvalue weighted by Crippen LogP contribution is 2.13. The number of rotatable bonds is 7. The summed E-state index contributed by atoms with van der Waals surface area (Å²) in [5.41, 5.74) is -0.509. The van der Waals surface area contributed by atoms with Gasteiger partial charge in [0.1, 0.15) is 11.4 Å². The first-order valence-electron chi connectivity index (χ1n) is 10.6. The number of aryl methyl sites for hydroxylation is 2. The number of fused-ring (bicyclic) bond motifs is 1. The van der Waals surface area contributed by atoms with Crippen LogP contribution in [0.25, 0.3) is 0 Å². The van der Waals surface area contributed by atoms with Gasteiger partial charge in [0, 0.05) is 38.5 Å². The Morgan fingerprint density at radius 2 is 2.10 bits per heavy atom. The molecule has 2 heterocycles. The molecule has 0 aromatic carbocycles. The Kier molecular flexibility index (Phi) is 10.9. The molecule has 2 unspecified atom stereocenters. The van der Waals surface area contributed by atoms with Crippen molar-refractivity contribution in [2.75, 3.05) is 13.6 Å². The third-order valence-electron chi connectivity index (χ3n) is 4.66. The number of carbonyl (C=O) groups is 1. The van der Waals surface area contributed by atoms with Gasteiger partial charge in [-0.3, -0.25) is 4.99 Å². The number of aliphatic imine (C=N–C) groups is 1. The number of halogens is 1. The summed E-state index contributed by atoms with van der Waals surface area (Å²) in [6.07, 6.45) is 4.17. The van der Waals surface area contributed by atoms with E-state index in [1.165, 1.54) is 0 Å². The van der Waals surface area contributed by atoms with Gasteiger partial charge in [0.05, 0.1) is 6.54 Å². The highest BCUT2D eigenvalue weighted by molar-refractivity contribution is 14.0. The first-order valence-corrected chi connectivity index (χ1v) is 10.6. The fourth-order valence-electron chi connectivity index (χ4n) is 3.28. The van der Waals surface area contributed by atoms with Crippen LogP contribution >= 0.6 is 24.0 Å². The fraction of sp³-hybridized carbons (Fsp3) is 0.800. The van der Waals surface area contributed by atoms with Crippen LogP contribution in [0.15, 0.2) is 4.99 Å². The number of alkyl carbamates (subject to hydrolysis) is 1. The summed E-state index contributed by atoms with van der Waals surface area (Å²) >= 11 is 0. The third-order valence-corrected chi connectivity index (χ3v) is 4.66. The molecule has 0 spiro atoms. The van der Waals surface area contributed by atoms with Crippen LogP contribution in [-0.4, -0.2) is 58.1 Å². The van der Waals surface area contributed by atoms with Gasteiger partial charge in [-0.15, -0.1) is 24.0 Å². The summed E-state index contributed by atoms with van der Waals surface area (Å²) in [6, 6.07) is 0.206. The summed E-state index contributed by atoms with van der Waals surface area (Å²) in [4.78, 5) is 21.0. The molecule has 1 aromatic rings. The maximum atomic E-state index is 12.1. The summed E-state index contributed by atoms with van der Waals surface area (Å²) in [5.74, 6) is 2.69. The Labute approximate surface area is 197 Å². The van der Waals surface area contributed by atoms with Crippen LogP contribution in [0.2, 0.25) is 0 Å². The monoisotopic (exact) mass is 535 g/mol. The van der Waals surface area contributed by atoms with E-state index in [4.69, 9.17) is 4.74 Å². The highest BCUT2D eigenvalue weighted by Gasteiger charge is 2.23. The van der Waals surface area contributed by atoms with Crippen molar-refractivity contribution >= 4 is 36.0 Å². The van der Waals surface area contributed by atoms with E-state index in [-0.39, 0.29) is 36.1 Å². The molecule has 9 nitrogen and oxygen atoms in total. The van der Waals surface area contributed by atoms with E-state index in [0.29, 0.717) is 6.54 Å². The minimum atomic E-state index is -0.509. The van der Waals surface area contributed by atoms with Crippen molar-refractivity contribution in [1.29, 1.82) is 0 Å². The molecule has 10 heteroatoms. The van der Waals surface area contributed by atoms with Crippen molar-refractivity contribution in [3.8, 4) is 0 Å². The smallest absolute Gasteiger partial charge is 0.407 e. The van der Waals surface area contributed by atoms with Crippen molar-refractivity contribution in [2.24, 2.45) is 4.99 Å². The molecule has 1 aliphatic rings. The summed E-state index contributed by atoms with van der Waals surface area (Å²) in [7, 11) is 1.75. The Balaban J connectivity index is 0.00000450. The zero-order valence-electron chi connectivity index (χ0n) is 19.1. The molecule has 0 saturated heterocycles. The number of nitrogens with zero attached hydrogens (tertiary/aromatic N) is 4. The van der Waals surface area contributed by atoms with Crippen molar-refractivity contribution in [2.45, 2.75) is 91.0 Å². The van der Waals surface area contributed by atoms with Gasteiger partial charge in [-0.2, -0.15) is 5.10 Å². The van der Waals surface area contributed by atoms with Gasteiger partial charge < -0.3 is 20.7 Å². The molecule has 2 atom stereocenters. The highest BCUT2D eigenvalue weighted by atomic mass is 127. The average molecular weight is 535 g/mol. The molecule has 0 saturated carbocycles. The number of nitrogens with one attached hydrogen (secondary N) is 3. The second kappa shape index (κ2) is 12.3. The van der Waals surface area contributed by atoms with Crippen LogP contribution in [0.1, 0.15) is 65.5 Å². The van der Waals surface area contributed by atoms with Crippen LogP contribution in [-0.2, 0) is 24.1 Å². The van der Waals surface area contributed by atoms with Crippen molar-refractivity contribution < 1.29 is 9.53 Å². The zero-order valence-corrected chi connectivity index (χ0v) is 21.4. The Morgan fingerprint density at radius 3 is 2.70 bits per heavy atom. The number of guanidine groups is 1. The largest absolute Gasteiger partial charge is 0.444 e. The summed E-state index contributed by atoms with van der Waals surface area (Å²) in [5, 5.41) is 14.3. The lowest BCUT2D eigenvalue weighted by Crippen LogP contribution is -2.51. The predicted molar refractivity (Wildman–Crippen MR) is 129 cm³/mol. The topological polar surface area (TPSA) is 105 Å². The minimum Gasteiger partial charge on any atom is -0.444 e. The lowest BCUT2D eigenvalue weighted by atomic mass is 10.1. The fourth-order valence-corrected chi connectivity index (χ4v) is 3.28. The number of amides is 1. The molecule has 2 rings (SSSR count). The second-order valence-electron chi connectivity index (χ2n) is 8.44. The van der Waals surface area contributed by atoms with Gasteiger partial charge in [-0.1, -0.05) is 20.3 Å². The normalized spacial score (nSPS) is 17.4. The van der Waals surface area contributed by atoms with Gasteiger partial charge in [0.2, 0.25) is 0 Å². The first kappa shape index (κ1) is 26.4. The zero-order chi connectivity index (χ0) is 21.4. The van der Waals surface area contributed by atoms with E-state index in [9.17, 15) is 4.79 Å². The third kappa shape index (κ3) is 8.65. The molecule has 172 valence electrons. The molecule has 3 N–H and O–H groups in total. The van der Waals surface area contributed by atoms with E-state index in [2.05, 4.69) is 44.9 Å². The maximum Gasteiger partial charge on any atom is 0.407 e. The molecule has 0 aliphatic carbocycles. The molecular weight excluding hydrogens is 497 g/mol. The van der Waals surface area contributed by atoms with E-state index in [0.717, 1.165) is 56.3 Å². The number of hydrogen-bond acceptors (Lipinski definition) is 5. The quantitative estimate of drug-likeness (QED) is 0.282. The number of ether oxygens (including phenoxy) is 1. The number of aromatic nitrogens is 3. The van der Waals surface area contributed by atoms with E-state index in [1.54, 1.807) is 7.05 Å². The molecule has 0 radical (unpaired) electrons. The van der Waals surface area contributed by atoms with Gasteiger partial charge >= 0.3 is 6.09 Å². The minimum absolute atomic E-state index is 0. The average Bonchev–Trinajstić information content (AvgIpc) is 3.06. The van der Waals surface area contributed by atoms with E-state index < -0.39 is 11.7 Å². The Bertz CT molecular complexity index is 700. The van der Waals surface area contributed by atoms with Crippen LogP contribution < -0.4 is 16.0 Å². The molecule has 1 aromatic heterocycles. The van der Waals surface area contributed by atoms with Gasteiger partial charge in [-0.05, 0) is 33.6 Å². The second-order valence-corrected chi connectivity index (χ2v) is 8.44. The Morgan fingerprint density at radius 1 is 1.37 bits per heavy atom. The lowest BCUT2D eigenvalue weighted by Gasteiger charge is -2.27. The Hall–Kier alpha value is -1.59. The van der Waals surface area contributed by atoms with Crippen molar-refractivity contribution in [3.05, 3.63) is 11.6 Å². The molecule has 0 fully saturated rings. The van der Waals surface area contributed by atoms with Crippen LogP contribution in [0, 0.1) is 0 Å². The van der Waals surface area contributed by atoms with Crippen LogP contribution in [0.3, 0.4) is 0 Å². The molecule has 30 heavy (non-hydrogen) atoms. The number of hydrogen-bond donors (Lipinski definition) is 3. The van der Waals surface area contributed by atoms with Gasteiger partial charge in [-0.25, -0.2) is 14.5 Å². The molecular formula is C20H38IN7O2. The van der Waals surface area contributed by atoms with Crippen LogP contribution in [0.4, 0.5) is 4.79 Å². The van der Waals surface area contributed by atoms with E-state index >= 15 is 0 Å². The van der Waals surface area contributed by atoms with Crippen LogP contribution in [0.5, 0.6) is 0 Å². The summed E-state index contributed by atoms with van der Waals surface area (Å²) < 4.78 is 7.37. The standard InChI is InChI=1S/C20H37N7O2.HI/c1-7-9-14(24-19(28)29-20(3,4)5)12-22-18(21-6)23-15-10-11-17-25-16(8-2)26-27(17)13-15;/h14-15H,7-13H2,1-6H3,(H,24,28)(H2,21,22,23);1H. The molecule has 1 amide bonds. The lowest BCUT2D eigenvalue weighted by molar-refractivity contribution is 0.0502. The van der Waals surface area contributed by atoms with Gasteiger partial charge in [0.15, 0.2) is 11.8 Å². The summed E-state index contributed by atoms with van der Waals surface area (Å²) in [6.45, 7) is 11.1. The van der Waals surface area contributed by atoms with Crippen molar-refractivity contribution in [1.82, 2.24) is 30.7 Å². The molecule has 1 aliphatic heterocycles. The number of carbonyl (C=O) groups excluding carboxylic acids is 1. The van der Waals surface area contributed by atoms with Gasteiger partial charge in [0.25, 0.3) is 0 Å². The predicted octanol–water partition coefficient (Wildman–Crippen LogP) is 2.63. The van der Waals surface area contributed by atoms with E-state index in [1.807, 2.05) is 25.5 Å².